The predicted octanol–water partition coefficient (Wildman–Crippen LogP) is 8.21. The van der Waals surface area contributed by atoms with Crippen molar-refractivity contribution < 1.29 is 0 Å². The summed E-state index contributed by atoms with van der Waals surface area (Å²) in [5, 5.41) is 5.11. The van der Waals surface area contributed by atoms with Crippen LogP contribution in [0, 0.1) is 0 Å². The smallest absolute Gasteiger partial charge is 0.0419 e. The van der Waals surface area contributed by atoms with Gasteiger partial charge in [0.15, 0.2) is 0 Å². The Bertz CT molecular complexity index is 1330. The van der Waals surface area contributed by atoms with Crippen LogP contribution in [0.3, 0.4) is 0 Å². The number of hydrogen-bond donors (Lipinski definition) is 0. The monoisotopic (exact) mass is 387 g/mol. The van der Waals surface area contributed by atoms with Gasteiger partial charge in [-0.3, -0.25) is 0 Å². The summed E-state index contributed by atoms with van der Waals surface area (Å²) in [6, 6.07) is 39.7. The van der Waals surface area contributed by atoms with Gasteiger partial charge in [0, 0.05) is 17.4 Å². The lowest BCUT2D eigenvalue weighted by molar-refractivity contribution is 0.789. The van der Waals surface area contributed by atoms with Gasteiger partial charge in [-0.05, 0) is 70.8 Å². The number of rotatable bonds is 4. The van der Waals surface area contributed by atoms with Crippen molar-refractivity contribution in [2.75, 3.05) is 4.90 Å². The molecule has 0 radical (unpaired) electrons. The Kier molecular flexibility index (Phi) is 4.72. The van der Waals surface area contributed by atoms with E-state index in [1.165, 1.54) is 44.0 Å². The van der Waals surface area contributed by atoms with Gasteiger partial charge in [-0.2, -0.15) is 0 Å². The molecule has 0 aliphatic carbocycles. The average Bonchev–Trinajstić information content (AvgIpc) is 2.79. The summed E-state index contributed by atoms with van der Waals surface area (Å²) in [7, 11) is 0. The van der Waals surface area contributed by atoms with E-state index in [0.717, 1.165) is 0 Å². The summed E-state index contributed by atoms with van der Waals surface area (Å²) in [5.41, 5.74) is 4.96. The van der Waals surface area contributed by atoms with Gasteiger partial charge in [0.05, 0.1) is 0 Å². The highest BCUT2D eigenvalue weighted by Crippen LogP contribution is 2.35. The van der Waals surface area contributed by atoms with Gasteiger partial charge >= 0.3 is 0 Å². The third-order valence-electron chi connectivity index (χ3n) is 5.75. The molecule has 0 heterocycles. The highest BCUT2D eigenvalue weighted by Gasteiger charge is 2.15. The van der Waals surface area contributed by atoms with Crippen molar-refractivity contribution in [3.63, 3.8) is 0 Å². The van der Waals surface area contributed by atoms with E-state index in [0.29, 0.717) is 6.04 Å². The molecule has 5 aromatic rings. The van der Waals surface area contributed by atoms with Crippen molar-refractivity contribution >= 4 is 32.9 Å². The van der Waals surface area contributed by atoms with Crippen molar-refractivity contribution in [1.82, 2.24) is 0 Å². The van der Waals surface area contributed by atoms with Gasteiger partial charge in [-0.1, -0.05) is 84.9 Å². The average molecular weight is 388 g/mol. The third-order valence-corrected chi connectivity index (χ3v) is 5.75. The third kappa shape index (κ3) is 3.33. The molecule has 0 N–H and O–H groups in total. The van der Waals surface area contributed by atoms with E-state index in [1.54, 1.807) is 0 Å². The molecule has 0 bridgehead atoms. The molecule has 5 rings (SSSR count). The van der Waals surface area contributed by atoms with Crippen molar-refractivity contribution in [1.29, 1.82) is 0 Å². The van der Waals surface area contributed by atoms with E-state index in [9.17, 15) is 0 Å². The minimum absolute atomic E-state index is 0.342. The summed E-state index contributed by atoms with van der Waals surface area (Å²) < 4.78 is 0. The summed E-state index contributed by atoms with van der Waals surface area (Å²) in [5.74, 6) is 0. The zero-order chi connectivity index (χ0) is 20.5. The van der Waals surface area contributed by atoms with Crippen molar-refractivity contribution in [3.8, 4) is 11.1 Å². The van der Waals surface area contributed by atoms with Crippen LogP contribution in [-0.4, -0.2) is 6.04 Å². The number of hydrogen-bond acceptors (Lipinski definition) is 1. The van der Waals surface area contributed by atoms with Crippen molar-refractivity contribution in [2.45, 2.75) is 19.9 Å². The zero-order valence-electron chi connectivity index (χ0n) is 17.4. The van der Waals surface area contributed by atoms with Crippen LogP contribution >= 0.6 is 0 Å². The Labute approximate surface area is 178 Å². The first kappa shape index (κ1) is 18.4. The Morgan fingerprint density at radius 2 is 1.20 bits per heavy atom. The number of anilines is 2. The van der Waals surface area contributed by atoms with Crippen LogP contribution in [0.25, 0.3) is 32.7 Å². The van der Waals surface area contributed by atoms with Crippen LogP contribution in [0.15, 0.2) is 109 Å². The molecule has 5 aromatic carbocycles. The molecule has 146 valence electrons. The maximum Gasteiger partial charge on any atom is 0.0419 e. The second-order valence-corrected chi connectivity index (χ2v) is 8.07. The first-order valence-corrected chi connectivity index (χ1v) is 10.6. The molecule has 0 saturated carbocycles. The van der Waals surface area contributed by atoms with Crippen LogP contribution in [0.4, 0.5) is 11.4 Å². The van der Waals surface area contributed by atoms with E-state index < -0.39 is 0 Å². The highest BCUT2D eigenvalue weighted by atomic mass is 15.2. The summed E-state index contributed by atoms with van der Waals surface area (Å²) in [6.07, 6.45) is 0. The first-order chi connectivity index (χ1) is 14.7. The fourth-order valence-electron chi connectivity index (χ4n) is 4.37. The molecule has 0 fully saturated rings. The largest absolute Gasteiger partial charge is 0.339 e. The zero-order valence-corrected chi connectivity index (χ0v) is 17.4. The Morgan fingerprint density at radius 3 is 2.03 bits per heavy atom. The van der Waals surface area contributed by atoms with E-state index in [2.05, 4.69) is 128 Å². The number of benzene rings is 5. The lowest BCUT2D eigenvalue weighted by Gasteiger charge is -2.30. The van der Waals surface area contributed by atoms with Crippen molar-refractivity contribution in [3.05, 3.63) is 109 Å². The van der Waals surface area contributed by atoms with Gasteiger partial charge in [-0.25, -0.2) is 0 Å². The Balaban J connectivity index is 1.63. The topological polar surface area (TPSA) is 3.24 Å². The Morgan fingerprint density at radius 1 is 0.533 bits per heavy atom. The summed E-state index contributed by atoms with van der Waals surface area (Å²) in [6.45, 7) is 4.50. The summed E-state index contributed by atoms with van der Waals surface area (Å²) >= 11 is 0. The molecule has 0 spiro atoms. The molecule has 1 nitrogen and oxygen atoms in total. The van der Waals surface area contributed by atoms with Crippen LogP contribution < -0.4 is 4.90 Å². The SMILES string of the molecule is CC(C)N(c1cccc(-c2cccc3ccccc23)c1)c1ccc2ccccc2c1. The molecule has 0 aromatic heterocycles. The number of fused-ring (bicyclic) bond motifs is 2. The fraction of sp³-hybridized carbons (Fsp3) is 0.103. The lowest BCUT2D eigenvalue weighted by atomic mass is 9.97. The van der Waals surface area contributed by atoms with Crippen LogP contribution in [-0.2, 0) is 0 Å². The van der Waals surface area contributed by atoms with E-state index >= 15 is 0 Å². The van der Waals surface area contributed by atoms with Crippen LogP contribution in [0.2, 0.25) is 0 Å². The maximum absolute atomic E-state index is 2.42. The second-order valence-electron chi connectivity index (χ2n) is 8.07. The molecule has 0 aliphatic rings. The molecular weight excluding hydrogens is 362 g/mol. The first-order valence-electron chi connectivity index (χ1n) is 10.6. The minimum atomic E-state index is 0.342. The predicted molar refractivity (Wildman–Crippen MR) is 131 cm³/mol. The fourth-order valence-corrected chi connectivity index (χ4v) is 4.37. The molecule has 0 atom stereocenters. The molecule has 30 heavy (non-hydrogen) atoms. The lowest BCUT2D eigenvalue weighted by Crippen LogP contribution is -2.25. The van der Waals surface area contributed by atoms with Gasteiger partial charge in [0.2, 0.25) is 0 Å². The molecule has 0 amide bonds. The maximum atomic E-state index is 2.42. The normalized spacial score (nSPS) is 11.3. The minimum Gasteiger partial charge on any atom is -0.339 e. The van der Waals surface area contributed by atoms with Crippen LogP contribution in [0.1, 0.15) is 13.8 Å². The number of nitrogens with zero attached hydrogens (tertiary/aromatic N) is 1. The van der Waals surface area contributed by atoms with E-state index in [4.69, 9.17) is 0 Å². The molecule has 1 heteroatoms. The molecule has 0 aliphatic heterocycles. The molecule has 0 unspecified atom stereocenters. The highest BCUT2D eigenvalue weighted by molar-refractivity contribution is 5.97. The second kappa shape index (κ2) is 7.68. The van der Waals surface area contributed by atoms with Crippen molar-refractivity contribution in [2.24, 2.45) is 0 Å². The Hall–Kier alpha value is -3.58. The summed E-state index contributed by atoms with van der Waals surface area (Å²) in [4.78, 5) is 2.42. The van der Waals surface area contributed by atoms with E-state index in [-0.39, 0.29) is 0 Å². The quantitative estimate of drug-likeness (QED) is 0.300. The van der Waals surface area contributed by atoms with E-state index in [1.807, 2.05) is 0 Å². The van der Waals surface area contributed by atoms with Gasteiger partial charge < -0.3 is 4.90 Å². The van der Waals surface area contributed by atoms with Gasteiger partial charge in [0.25, 0.3) is 0 Å². The molecule has 0 saturated heterocycles. The van der Waals surface area contributed by atoms with Gasteiger partial charge in [0.1, 0.15) is 0 Å². The standard InChI is InChI=1S/C29H25N/c1-21(2)30(27-18-17-22-9-3-4-11-24(22)19-27)26-14-7-13-25(20-26)29-16-8-12-23-10-5-6-15-28(23)29/h3-21H,1-2H3. The van der Waals surface area contributed by atoms with Crippen LogP contribution in [0.5, 0.6) is 0 Å². The van der Waals surface area contributed by atoms with Gasteiger partial charge in [-0.15, -0.1) is 0 Å². The molecular formula is C29H25N.